The molecule has 1 aliphatic heterocycles. The number of rotatable bonds is 12. The molecule has 1 amide bonds. The fraction of sp³-hybridized carbons (Fsp3) is 0.471. The molecule has 46 heavy (non-hydrogen) atoms. The van der Waals surface area contributed by atoms with E-state index in [0.29, 0.717) is 62.3 Å². The zero-order valence-electron chi connectivity index (χ0n) is 26.0. The highest BCUT2D eigenvalue weighted by Crippen LogP contribution is 2.32. The van der Waals surface area contributed by atoms with Crippen LogP contribution < -0.4 is 19.7 Å². The Balaban J connectivity index is 1.06. The predicted octanol–water partition coefficient (Wildman–Crippen LogP) is 5.53. The Bertz CT molecular complexity index is 1600. The molecular formula is C34H40F2N6O4. The van der Waals surface area contributed by atoms with Crippen LogP contribution in [0.25, 0.3) is 16.9 Å². The van der Waals surface area contributed by atoms with Gasteiger partial charge in [0.25, 0.3) is 6.43 Å². The summed E-state index contributed by atoms with van der Waals surface area (Å²) in [6.45, 7) is 3.29. The lowest BCUT2D eigenvalue weighted by Gasteiger charge is -2.29. The van der Waals surface area contributed by atoms with Gasteiger partial charge in [-0.25, -0.2) is 13.8 Å². The van der Waals surface area contributed by atoms with E-state index in [1.54, 1.807) is 37.4 Å². The molecule has 6 rings (SSSR count). The van der Waals surface area contributed by atoms with Crippen LogP contribution in [-0.4, -0.2) is 72.0 Å². The number of benzene rings is 2. The minimum atomic E-state index is -2.79. The van der Waals surface area contributed by atoms with E-state index in [-0.39, 0.29) is 29.4 Å². The van der Waals surface area contributed by atoms with Gasteiger partial charge in [-0.1, -0.05) is 24.3 Å². The van der Waals surface area contributed by atoms with Gasteiger partial charge in [0.2, 0.25) is 17.7 Å². The van der Waals surface area contributed by atoms with Crippen molar-refractivity contribution in [3.8, 4) is 17.4 Å². The SMILES string of the molecule is COc1ccc(CCCNC(=O)C2CCC(COc3cc(-n4c(C(F)F)nc5ccccc54)nc(N4CCOCC4)n3)CC2)cc1. The quantitative estimate of drug-likeness (QED) is 0.203. The number of aryl methyl sites for hydroxylation is 1. The van der Waals surface area contributed by atoms with Crippen molar-refractivity contribution in [3.05, 3.63) is 66.0 Å². The molecule has 2 aromatic heterocycles. The van der Waals surface area contributed by atoms with Crippen LogP contribution in [0.5, 0.6) is 11.6 Å². The summed E-state index contributed by atoms with van der Waals surface area (Å²) in [6, 6.07) is 16.6. The van der Waals surface area contributed by atoms with Crippen molar-refractivity contribution in [2.24, 2.45) is 11.8 Å². The summed E-state index contributed by atoms with van der Waals surface area (Å²) in [6.07, 6.45) is 2.30. The van der Waals surface area contributed by atoms with Gasteiger partial charge in [-0.2, -0.15) is 9.97 Å². The maximum atomic E-state index is 14.2. The molecule has 0 radical (unpaired) electrons. The number of ether oxygens (including phenoxy) is 3. The molecule has 0 atom stereocenters. The number of aromatic nitrogens is 4. The average Bonchev–Trinajstić information content (AvgIpc) is 3.50. The summed E-state index contributed by atoms with van der Waals surface area (Å²) >= 11 is 0. The Morgan fingerprint density at radius 2 is 1.78 bits per heavy atom. The van der Waals surface area contributed by atoms with Gasteiger partial charge in [-0.15, -0.1) is 0 Å². The topological polar surface area (TPSA) is 104 Å². The molecule has 12 heteroatoms. The summed E-state index contributed by atoms with van der Waals surface area (Å²) in [5.41, 5.74) is 2.22. The lowest BCUT2D eigenvalue weighted by Crippen LogP contribution is -2.37. The second kappa shape index (κ2) is 14.8. The number of morpholine rings is 1. The normalized spacial score (nSPS) is 18.6. The van der Waals surface area contributed by atoms with Gasteiger partial charge >= 0.3 is 0 Å². The van der Waals surface area contributed by atoms with Crippen molar-refractivity contribution in [1.29, 1.82) is 0 Å². The number of methoxy groups -OCH3 is 1. The lowest BCUT2D eigenvalue weighted by atomic mass is 9.82. The third-order valence-corrected chi connectivity index (χ3v) is 8.77. The standard InChI is InChI=1S/C34H40F2N6O4/c1-44-26-14-10-23(11-15-26)5-4-16-37-33(43)25-12-8-24(9-13-25)22-46-30-21-29(39-34(40-30)41-17-19-45-20-18-41)42-28-7-3-2-6-27(28)38-32(42)31(35)36/h2-3,6-7,10-11,14-15,21,24-25,31H,4-5,8-9,12-13,16-20,22H2,1H3,(H,37,43). The molecule has 3 heterocycles. The number of anilines is 1. The second-order valence-electron chi connectivity index (χ2n) is 11.8. The molecule has 1 N–H and O–H groups in total. The number of carbonyl (C=O) groups excluding carboxylic acids is 1. The average molecular weight is 635 g/mol. The van der Waals surface area contributed by atoms with Crippen LogP contribution in [0.1, 0.15) is 49.9 Å². The number of fused-ring (bicyclic) bond motifs is 1. The number of imidazole rings is 1. The van der Waals surface area contributed by atoms with E-state index in [0.717, 1.165) is 44.3 Å². The summed E-state index contributed by atoms with van der Waals surface area (Å²) < 4.78 is 46.6. The van der Waals surface area contributed by atoms with Gasteiger partial charge in [0.1, 0.15) is 11.6 Å². The Labute approximate surface area is 267 Å². The van der Waals surface area contributed by atoms with E-state index in [1.165, 1.54) is 10.1 Å². The van der Waals surface area contributed by atoms with Crippen molar-refractivity contribution in [2.75, 3.05) is 51.5 Å². The van der Waals surface area contributed by atoms with Crippen LogP contribution >= 0.6 is 0 Å². The first-order valence-electron chi connectivity index (χ1n) is 16.0. The molecular weight excluding hydrogens is 594 g/mol. The first kappa shape index (κ1) is 31.7. The van der Waals surface area contributed by atoms with Crippen LogP contribution in [0.3, 0.4) is 0 Å². The van der Waals surface area contributed by atoms with E-state index in [2.05, 4.69) is 27.4 Å². The van der Waals surface area contributed by atoms with Gasteiger partial charge in [-0.05, 0) is 74.3 Å². The van der Waals surface area contributed by atoms with Crippen molar-refractivity contribution < 1.29 is 27.8 Å². The Kier molecular flexibility index (Phi) is 10.2. The molecule has 0 spiro atoms. The Hall–Kier alpha value is -4.32. The first-order chi connectivity index (χ1) is 22.5. The van der Waals surface area contributed by atoms with Gasteiger partial charge < -0.3 is 24.4 Å². The van der Waals surface area contributed by atoms with E-state index < -0.39 is 6.43 Å². The largest absolute Gasteiger partial charge is 0.497 e. The van der Waals surface area contributed by atoms with E-state index in [1.807, 2.05) is 17.0 Å². The Morgan fingerprint density at radius 3 is 2.52 bits per heavy atom. The zero-order chi connectivity index (χ0) is 31.9. The fourth-order valence-corrected chi connectivity index (χ4v) is 6.16. The molecule has 0 unspecified atom stereocenters. The predicted molar refractivity (Wildman–Crippen MR) is 170 cm³/mol. The summed E-state index contributed by atoms with van der Waals surface area (Å²) in [4.78, 5) is 28.4. The third-order valence-electron chi connectivity index (χ3n) is 8.77. The number of alkyl halides is 2. The van der Waals surface area contributed by atoms with Gasteiger partial charge in [0.15, 0.2) is 5.82 Å². The van der Waals surface area contributed by atoms with Crippen molar-refractivity contribution in [3.63, 3.8) is 0 Å². The number of halogens is 2. The number of nitrogens with one attached hydrogen (secondary N) is 1. The van der Waals surface area contributed by atoms with E-state index >= 15 is 0 Å². The van der Waals surface area contributed by atoms with Crippen LogP contribution in [0.15, 0.2) is 54.6 Å². The molecule has 2 fully saturated rings. The van der Waals surface area contributed by atoms with Crippen molar-refractivity contribution in [1.82, 2.24) is 24.8 Å². The highest BCUT2D eigenvalue weighted by Gasteiger charge is 2.28. The summed E-state index contributed by atoms with van der Waals surface area (Å²) in [7, 11) is 1.65. The number of nitrogens with zero attached hydrogens (tertiary/aromatic N) is 5. The van der Waals surface area contributed by atoms with Crippen LogP contribution in [0.2, 0.25) is 0 Å². The van der Waals surface area contributed by atoms with Gasteiger partial charge in [0.05, 0.1) is 38.0 Å². The zero-order valence-corrected chi connectivity index (χ0v) is 26.0. The van der Waals surface area contributed by atoms with E-state index in [9.17, 15) is 13.6 Å². The van der Waals surface area contributed by atoms with Gasteiger partial charge in [-0.3, -0.25) is 9.36 Å². The smallest absolute Gasteiger partial charge is 0.296 e. The van der Waals surface area contributed by atoms with Gasteiger partial charge in [0, 0.05) is 31.6 Å². The monoisotopic (exact) mass is 634 g/mol. The molecule has 1 saturated carbocycles. The molecule has 0 bridgehead atoms. The molecule has 1 aliphatic carbocycles. The molecule has 10 nitrogen and oxygen atoms in total. The number of para-hydroxylation sites is 2. The minimum absolute atomic E-state index is 0.00176. The number of carbonyl (C=O) groups is 1. The summed E-state index contributed by atoms with van der Waals surface area (Å²) in [5.74, 6) is 1.84. The highest BCUT2D eigenvalue weighted by molar-refractivity contribution is 5.79. The maximum Gasteiger partial charge on any atom is 0.296 e. The van der Waals surface area contributed by atoms with Crippen LogP contribution in [0, 0.1) is 11.8 Å². The van der Waals surface area contributed by atoms with E-state index in [4.69, 9.17) is 19.2 Å². The maximum absolute atomic E-state index is 14.2. The first-order valence-corrected chi connectivity index (χ1v) is 16.0. The van der Waals surface area contributed by atoms with Crippen molar-refractivity contribution in [2.45, 2.75) is 45.0 Å². The second-order valence-corrected chi connectivity index (χ2v) is 11.8. The van der Waals surface area contributed by atoms with Crippen molar-refractivity contribution >= 4 is 22.9 Å². The molecule has 4 aromatic rings. The molecule has 2 aliphatic rings. The number of hydrogen-bond acceptors (Lipinski definition) is 8. The molecule has 1 saturated heterocycles. The minimum Gasteiger partial charge on any atom is -0.497 e. The van der Waals surface area contributed by atoms with Crippen LogP contribution in [-0.2, 0) is 16.0 Å². The fourth-order valence-electron chi connectivity index (χ4n) is 6.16. The number of hydrogen-bond donors (Lipinski definition) is 1. The summed E-state index contributed by atoms with van der Waals surface area (Å²) in [5, 5.41) is 3.11. The third kappa shape index (κ3) is 7.55. The molecule has 2 aromatic carbocycles. The lowest BCUT2D eigenvalue weighted by molar-refractivity contribution is -0.126. The Morgan fingerprint density at radius 1 is 1.02 bits per heavy atom. The van der Waals surface area contributed by atoms with Crippen LogP contribution in [0.4, 0.5) is 14.7 Å². The highest BCUT2D eigenvalue weighted by atomic mass is 19.3. The molecule has 244 valence electrons. The number of amides is 1.